The number of aromatic nitrogens is 4. The van der Waals surface area contributed by atoms with E-state index in [2.05, 4.69) is 52.1 Å². The van der Waals surface area contributed by atoms with Gasteiger partial charge in [-0.2, -0.15) is 5.10 Å². The molecule has 2 aromatic heterocycles. The van der Waals surface area contributed by atoms with Crippen molar-refractivity contribution in [2.75, 3.05) is 7.05 Å². The van der Waals surface area contributed by atoms with Gasteiger partial charge in [-0.15, -0.1) is 0 Å². The van der Waals surface area contributed by atoms with Crippen molar-refractivity contribution in [3.05, 3.63) is 36.2 Å². The minimum absolute atomic E-state index is 0.336. The van der Waals surface area contributed by atoms with E-state index in [4.69, 9.17) is 0 Å². The average Bonchev–Trinajstić information content (AvgIpc) is 2.97. The Kier molecular flexibility index (Phi) is 3.58. The third-order valence-corrected chi connectivity index (χ3v) is 3.05. The van der Waals surface area contributed by atoms with Crippen molar-refractivity contribution < 1.29 is 0 Å². The summed E-state index contributed by atoms with van der Waals surface area (Å²) >= 11 is 0. The van der Waals surface area contributed by atoms with Gasteiger partial charge in [-0.25, -0.2) is 9.67 Å². The number of hydrogen-bond donors (Lipinski definition) is 1. The van der Waals surface area contributed by atoms with Crippen molar-refractivity contribution in [2.45, 2.75) is 33.0 Å². The molecule has 0 aliphatic carbocycles. The smallest absolute Gasteiger partial charge is 0.146 e. The Hall–Kier alpha value is -1.62. The summed E-state index contributed by atoms with van der Waals surface area (Å²) < 4.78 is 4.13. The number of aryl methyl sites for hydroxylation is 1. The molecule has 1 N–H and O–H groups in total. The predicted octanol–water partition coefficient (Wildman–Crippen LogP) is 1.43. The Morgan fingerprint density at radius 2 is 2.29 bits per heavy atom. The van der Waals surface area contributed by atoms with Crippen LogP contribution in [0.25, 0.3) is 0 Å². The second-order valence-corrected chi connectivity index (χ2v) is 4.06. The van der Waals surface area contributed by atoms with Gasteiger partial charge in [-0.1, -0.05) is 0 Å². The quantitative estimate of drug-likeness (QED) is 0.850. The Bertz CT molecular complexity index is 471. The highest BCUT2D eigenvalue weighted by atomic mass is 15.3. The van der Waals surface area contributed by atoms with Crippen LogP contribution in [0.1, 0.15) is 31.4 Å². The van der Waals surface area contributed by atoms with Crippen molar-refractivity contribution in [1.29, 1.82) is 0 Å². The van der Waals surface area contributed by atoms with Crippen LogP contribution in [0.2, 0.25) is 0 Å². The molecule has 1 unspecified atom stereocenters. The van der Waals surface area contributed by atoms with E-state index < -0.39 is 0 Å². The van der Waals surface area contributed by atoms with Crippen molar-refractivity contribution >= 4 is 0 Å². The first-order valence-electron chi connectivity index (χ1n) is 5.95. The topological polar surface area (TPSA) is 47.7 Å². The summed E-state index contributed by atoms with van der Waals surface area (Å²) in [6.07, 6.45) is 3.70. The van der Waals surface area contributed by atoms with Gasteiger partial charge in [-0.3, -0.25) is 0 Å². The Morgan fingerprint density at radius 1 is 1.47 bits per heavy atom. The molecule has 2 heterocycles. The molecule has 0 aromatic carbocycles. The molecule has 5 nitrogen and oxygen atoms in total. The van der Waals surface area contributed by atoms with Crippen LogP contribution in [0, 0.1) is 0 Å². The zero-order valence-electron chi connectivity index (χ0n) is 10.6. The predicted molar refractivity (Wildman–Crippen MR) is 66.7 cm³/mol. The minimum Gasteiger partial charge on any atom is -0.342 e. The fraction of sp³-hybridized carbons (Fsp3) is 0.500. The monoisotopic (exact) mass is 233 g/mol. The van der Waals surface area contributed by atoms with Crippen molar-refractivity contribution in [2.24, 2.45) is 0 Å². The van der Waals surface area contributed by atoms with Crippen LogP contribution in [0.5, 0.6) is 0 Å². The number of hydrogen-bond acceptors (Lipinski definition) is 3. The molecule has 0 aliphatic rings. The third-order valence-electron chi connectivity index (χ3n) is 3.05. The van der Waals surface area contributed by atoms with Crippen LogP contribution in [-0.2, 0) is 13.1 Å². The van der Waals surface area contributed by atoms with E-state index in [1.165, 1.54) is 5.69 Å². The molecule has 0 bridgehead atoms. The van der Waals surface area contributed by atoms with Crippen LogP contribution >= 0.6 is 0 Å². The summed E-state index contributed by atoms with van der Waals surface area (Å²) in [7, 11) is 1.97. The van der Waals surface area contributed by atoms with Gasteiger partial charge in [0, 0.05) is 24.5 Å². The van der Waals surface area contributed by atoms with Gasteiger partial charge in [-0.05, 0) is 33.0 Å². The Labute approximate surface area is 101 Å². The van der Waals surface area contributed by atoms with Gasteiger partial charge in [0.1, 0.15) is 12.2 Å². The average molecular weight is 233 g/mol. The molecule has 1 atom stereocenters. The highest BCUT2D eigenvalue weighted by Gasteiger charge is 2.10. The molecule has 0 fully saturated rings. The molecule has 0 amide bonds. The minimum atomic E-state index is 0.336. The lowest BCUT2D eigenvalue weighted by Gasteiger charge is -2.14. The van der Waals surface area contributed by atoms with Crippen LogP contribution in [0.4, 0.5) is 0 Å². The molecule has 0 aliphatic heterocycles. The highest BCUT2D eigenvalue weighted by molar-refractivity contribution is 5.12. The maximum absolute atomic E-state index is 4.30. The zero-order valence-corrected chi connectivity index (χ0v) is 10.6. The fourth-order valence-electron chi connectivity index (χ4n) is 1.94. The summed E-state index contributed by atoms with van der Waals surface area (Å²) in [5, 5.41) is 7.44. The van der Waals surface area contributed by atoms with Gasteiger partial charge in [0.15, 0.2) is 0 Å². The van der Waals surface area contributed by atoms with Crippen molar-refractivity contribution in [3.8, 4) is 0 Å². The fourth-order valence-corrected chi connectivity index (χ4v) is 1.94. The second kappa shape index (κ2) is 5.14. The van der Waals surface area contributed by atoms with E-state index >= 15 is 0 Å². The number of rotatable bonds is 5. The van der Waals surface area contributed by atoms with Gasteiger partial charge >= 0.3 is 0 Å². The maximum Gasteiger partial charge on any atom is 0.146 e. The maximum atomic E-state index is 4.30. The normalized spacial score (nSPS) is 12.9. The van der Waals surface area contributed by atoms with E-state index in [0.717, 1.165) is 18.9 Å². The van der Waals surface area contributed by atoms with Crippen molar-refractivity contribution in [1.82, 2.24) is 24.6 Å². The van der Waals surface area contributed by atoms with Gasteiger partial charge in [0.05, 0.1) is 6.54 Å². The van der Waals surface area contributed by atoms with E-state index in [9.17, 15) is 0 Å². The molecule has 0 radical (unpaired) electrons. The highest BCUT2D eigenvalue weighted by Crippen LogP contribution is 2.14. The largest absolute Gasteiger partial charge is 0.342 e. The molecular weight excluding hydrogens is 214 g/mol. The van der Waals surface area contributed by atoms with E-state index in [1.54, 1.807) is 6.33 Å². The summed E-state index contributed by atoms with van der Waals surface area (Å²) in [6, 6.07) is 4.53. The SMILES string of the molecule is CCn1ncnc1Cn1cccc1C(C)NC. The molecule has 17 heavy (non-hydrogen) atoms. The summed E-state index contributed by atoms with van der Waals surface area (Å²) in [5.41, 5.74) is 1.26. The van der Waals surface area contributed by atoms with Gasteiger partial charge < -0.3 is 9.88 Å². The van der Waals surface area contributed by atoms with Crippen LogP contribution in [0.15, 0.2) is 24.7 Å². The number of nitrogens with one attached hydrogen (secondary N) is 1. The Balaban J connectivity index is 2.22. The Morgan fingerprint density at radius 3 is 3.00 bits per heavy atom. The van der Waals surface area contributed by atoms with E-state index in [0.29, 0.717) is 6.04 Å². The van der Waals surface area contributed by atoms with Crippen molar-refractivity contribution in [3.63, 3.8) is 0 Å². The first kappa shape index (κ1) is 11.9. The number of nitrogens with zero attached hydrogens (tertiary/aromatic N) is 4. The molecule has 0 spiro atoms. The lowest BCUT2D eigenvalue weighted by atomic mass is 10.2. The third kappa shape index (κ3) is 2.39. The first-order chi connectivity index (χ1) is 8.26. The summed E-state index contributed by atoms with van der Waals surface area (Å²) in [5.74, 6) is 0.994. The molecule has 5 heteroatoms. The van der Waals surface area contributed by atoms with Gasteiger partial charge in [0.25, 0.3) is 0 Å². The first-order valence-corrected chi connectivity index (χ1v) is 5.95. The van der Waals surface area contributed by atoms with Gasteiger partial charge in [0.2, 0.25) is 0 Å². The van der Waals surface area contributed by atoms with Crippen LogP contribution < -0.4 is 5.32 Å². The summed E-state index contributed by atoms with van der Waals surface area (Å²) in [6.45, 7) is 5.84. The lowest BCUT2D eigenvalue weighted by Crippen LogP contribution is -2.18. The molecule has 2 aromatic rings. The molecule has 92 valence electrons. The zero-order chi connectivity index (χ0) is 12.3. The molecule has 2 rings (SSSR count). The molecule has 0 saturated heterocycles. The van der Waals surface area contributed by atoms with E-state index in [1.807, 2.05) is 11.7 Å². The summed E-state index contributed by atoms with van der Waals surface area (Å²) in [4.78, 5) is 4.30. The molecule has 0 saturated carbocycles. The van der Waals surface area contributed by atoms with E-state index in [-0.39, 0.29) is 0 Å². The standard InChI is InChI=1S/C12H19N5/c1-4-17-12(14-9-15-17)8-16-7-5-6-11(16)10(2)13-3/h5-7,9-10,13H,4,8H2,1-3H3. The van der Waals surface area contributed by atoms with Crippen LogP contribution in [0.3, 0.4) is 0 Å². The second-order valence-electron chi connectivity index (χ2n) is 4.06. The lowest BCUT2D eigenvalue weighted by molar-refractivity contribution is 0.553. The van der Waals surface area contributed by atoms with Crippen LogP contribution in [-0.4, -0.2) is 26.4 Å². The molecular formula is C12H19N5.